The van der Waals surface area contributed by atoms with Gasteiger partial charge in [-0.25, -0.2) is 0 Å². The second-order valence-corrected chi connectivity index (χ2v) is 5.51. The van der Waals surface area contributed by atoms with E-state index in [1.54, 1.807) is 6.20 Å². The highest BCUT2D eigenvalue weighted by Crippen LogP contribution is 2.32. The molecule has 3 aromatic rings. The van der Waals surface area contributed by atoms with Crippen LogP contribution in [0, 0.1) is 0 Å². The van der Waals surface area contributed by atoms with Crippen LogP contribution in [0.25, 0.3) is 0 Å². The number of fused-ring (bicyclic) bond motifs is 1. The maximum absolute atomic E-state index is 4.61. The molecule has 1 aliphatic heterocycles. The summed E-state index contributed by atoms with van der Waals surface area (Å²) in [6.07, 6.45) is 2.68. The molecule has 0 atom stereocenters. The van der Waals surface area contributed by atoms with E-state index >= 15 is 0 Å². The Balaban J connectivity index is 1.53. The number of hydrogen-bond donors (Lipinski definition) is 1. The first-order chi connectivity index (χ1) is 11.4. The zero-order chi connectivity index (χ0) is 15.5. The molecular formula is C18H17N5. The summed E-state index contributed by atoms with van der Waals surface area (Å²) in [7, 11) is 0. The van der Waals surface area contributed by atoms with Crippen LogP contribution in [0.3, 0.4) is 0 Å². The summed E-state index contributed by atoms with van der Waals surface area (Å²) in [5.74, 6) is 1.39. The van der Waals surface area contributed by atoms with Gasteiger partial charge in [-0.2, -0.15) is 10.1 Å². The highest BCUT2D eigenvalue weighted by Gasteiger charge is 2.22. The largest absolute Gasteiger partial charge is 0.365 e. The number of anilines is 3. The Labute approximate surface area is 135 Å². The molecule has 0 saturated carbocycles. The van der Waals surface area contributed by atoms with Crippen LogP contribution >= 0.6 is 0 Å². The van der Waals surface area contributed by atoms with Gasteiger partial charge in [-0.05, 0) is 23.6 Å². The molecule has 5 nitrogen and oxygen atoms in total. The quantitative estimate of drug-likeness (QED) is 0.802. The molecule has 0 fully saturated rings. The molecule has 4 rings (SSSR count). The van der Waals surface area contributed by atoms with Crippen molar-refractivity contribution >= 4 is 17.5 Å². The van der Waals surface area contributed by atoms with Crippen molar-refractivity contribution in [2.75, 3.05) is 16.8 Å². The van der Waals surface area contributed by atoms with E-state index in [-0.39, 0.29) is 0 Å². The highest BCUT2D eigenvalue weighted by molar-refractivity contribution is 5.65. The van der Waals surface area contributed by atoms with Crippen LogP contribution in [-0.4, -0.2) is 21.7 Å². The fourth-order valence-corrected chi connectivity index (χ4v) is 2.83. The molecule has 0 aliphatic carbocycles. The minimum absolute atomic E-state index is 0.646. The van der Waals surface area contributed by atoms with Crippen LogP contribution in [0.2, 0.25) is 0 Å². The van der Waals surface area contributed by atoms with Gasteiger partial charge < -0.3 is 10.2 Å². The summed E-state index contributed by atoms with van der Waals surface area (Å²) in [4.78, 5) is 6.73. The minimum atomic E-state index is 0.646. The fraction of sp³-hybridized carbons (Fsp3) is 0.167. The van der Waals surface area contributed by atoms with Crippen LogP contribution in [0.4, 0.5) is 17.5 Å². The molecule has 0 spiro atoms. The van der Waals surface area contributed by atoms with Gasteiger partial charge in [0.1, 0.15) is 0 Å². The number of hydrogen-bond acceptors (Lipinski definition) is 5. The third-order valence-corrected chi connectivity index (χ3v) is 3.99. The lowest BCUT2D eigenvalue weighted by molar-refractivity contribution is 0.881. The molecule has 0 amide bonds. The highest BCUT2D eigenvalue weighted by atomic mass is 15.3. The predicted molar refractivity (Wildman–Crippen MR) is 90.7 cm³/mol. The van der Waals surface area contributed by atoms with Crippen LogP contribution in [0.15, 0.2) is 60.8 Å². The van der Waals surface area contributed by atoms with E-state index < -0.39 is 0 Å². The van der Waals surface area contributed by atoms with Gasteiger partial charge in [-0.1, -0.05) is 48.5 Å². The van der Waals surface area contributed by atoms with Crippen LogP contribution in [0.5, 0.6) is 0 Å². The summed E-state index contributed by atoms with van der Waals surface area (Å²) < 4.78 is 0. The minimum Gasteiger partial charge on any atom is -0.365 e. The van der Waals surface area contributed by atoms with Crippen molar-refractivity contribution in [3.8, 4) is 0 Å². The Kier molecular flexibility index (Phi) is 3.60. The third-order valence-electron chi connectivity index (χ3n) is 3.99. The lowest BCUT2D eigenvalue weighted by Gasteiger charge is -2.17. The SMILES string of the molecule is c1ccc(CNc2cnnc(N3CCc4ccccc43)n2)cc1. The van der Waals surface area contributed by atoms with Crippen molar-refractivity contribution in [2.45, 2.75) is 13.0 Å². The van der Waals surface area contributed by atoms with Gasteiger partial charge in [0.25, 0.3) is 5.95 Å². The van der Waals surface area contributed by atoms with E-state index in [2.05, 4.69) is 55.7 Å². The fourth-order valence-electron chi connectivity index (χ4n) is 2.83. The number of nitrogens with one attached hydrogen (secondary N) is 1. The monoisotopic (exact) mass is 303 g/mol. The van der Waals surface area contributed by atoms with Crippen molar-refractivity contribution in [3.05, 3.63) is 71.9 Å². The van der Waals surface area contributed by atoms with Crippen LogP contribution in [0.1, 0.15) is 11.1 Å². The van der Waals surface area contributed by atoms with E-state index in [1.807, 2.05) is 24.3 Å². The smallest absolute Gasteiger partial charge is 0.251 e. The first-order valence-electron chi connectivity index (χ1n) is 7.73. The molecule has 114 valence electrons. The second kappa shape index (κ2) is 6.04. The molecule has 0 unspecified atom stereocenters. The lowest BCUT2D eigenvalue weighted by atomic mass is 10.2. The summed E-state index contributed by atoms with van der Waals surface area (Å²) in [6.45, 7) is 1.61. The zero-order valence-corrected chi connectivity index (χ0v) is 12.7. The van der Waals surface area contributed by atoms with Crippen molar-refractivity contribution in [2.24, 2.45) is 0 Å². The molecule has 1 aromatic heterocycles. The van der Waals surface area contributed by atoms with Crippen LogP contribution in [-0.2, 0) is 13.0 Å². The van der Waals surface area contributed by atoms with Gasteiger partial charge in [0.15, 0.2) is 5.82 Å². The van der Waals surface area contributed by atoms with Gasteiger partial charge in [0.05, 0.1) is 6.20 Å². The number of nitrogens with zero attached hydrogens (tertiary/aromatic N) is 4. The van der Waals surface area contributed by atoms with Gasteiger partial charge in [0, 0.05) is 18.8 Å². The standard InChI is InChI=1S/C18H17N5/c1-2-6-14(7-3-1)12-19-17-13-20-22-18(21-17)23-11-10-15-8-4-5-9-16(15)23/h1-9,13H,10-12H2,(H,19,21,22). The van der Waals surface area contributed by atoms with E-state index in [9.17, 15) is 0 Å². The molecule has 2 heterocycles. The van der Waals surface area contributed by atoms with E-state index in [0.29, 0.717) is 5.95 Å². The maximum atomic E-state index is 4.61. The Morgan fingerprint density at radius 3 is 2.74 bits per heavy atom. The first kappa shape index (κ1) is 13.7. The number of para-hydroxylation sites is 1. The summed E-state index contributed by atoms with van der Waals surface area (Å²) in [6, 6.07) is 18.6. The maximum Gasteiger partial charge on any atom is 0.251 e. The van der Waals surface area contributed by atoms with Gasteiger partial charge >= 0.3 is 0 Å². The van der Waals surface area contributed by atoms with Gasteiger partial charge in [-0.3, -0.25) is 0 Å². The number of benzene rings is 2. The number of rotatable bonds is 4. The van der Waals surface area contributed by atoms with E-state index in [4.69, 9.17) is 0 Å². The molecule has 0 bridgehead atoms. The number of aromatic nitrogens is 3. The average molecular weight is 303 g/mol. The first-order valence-corrected chi connectivity index (χ1v) is 7.73. The van der Waals surface area contributed by atoms with Gasteiger partial charge in [-0.15, -0.1) is 5.10 Å². The third kappa shape index (κ3) is 2.85. The Morgan fingerprint density at radius 2 is 1.83 bits per heavy atom. The normalized spacial score (nSPS) is 13.0. The van der Waals surface area contributed by atoms with E-state index in [1.165, 1.54) is 16.8 Å². The Bertz CT molecular complexity index is 803. The molecule has 1 N–H and O–H groups in total. The van der Waals surface area contributed by atoms with Gasteiger partial charge in [0.2, 0.25) is 0 Å². The van der Waals surface area contributed by atoms with Crippen molar-refractivity contribution < 1.29 is 0 Å². The second-order valence-electron chi connectivity index (χ2n) is 5.51. The molecule has 1 aliphatic rings. The molecule has 2 aromatic carbocycles. The average Bonchev–Trinajstić information content (AvgIpc) is 3.05. The molecule has 0 saturated heterocycles. The predicted octanol–water partition coefficient (Wildman–Crippen LogP) is 3.18. The van der Waals surface area contributed by atoms with E-state index in [0.717, 1.165) is 25.3 Å². The topological polar surface area (TPSA) is 53.9 Å². The molecular weight excluding hydrogens is 286 g/mol. The summed E-state index contributed by atoms with van der Waals surface area (Å²) in [5.41, 5.74) is 3.72. The summed E-state index contributed by atoms with van der Waals surface area (Å²) in [5, 5.41) is 11.6. The Hall–Kier alpha value is -2.95. The Morgan fingerprint density at radius 1 is 1.00 bits per heavy atom. The lowest BCUT2D eigenvalue weighted by Crippen LogP contribution is -2.17. The molecule has 0 radical (unpaired) electrons. The zero-order valence-electron chi connectivity index (χ0n) is 12.7. The molecule has 5 heteroatoms. The van der Waals surface area contributed by atoms with Crippen molar-refractivity contribution in [1.29, 1.82) is 0 Å². The molecule has 23 heavy (non-hydrogen) atoms. The summed E-state index contributed by atoms with van der Waals surface area (Å²) >= 11 is 0. The van der Waals surface area contributed by atoms with Crippen molar-refractivity contribution in [3.63, 3.8) is 0 Å². The van der Waals surface area contributed by atoms with Crippen molar-refractivity contribution in [1.82, 2.24) is 15.2 Å². The van der Waals surface area contributed by atoms with Crippen LogP contribution < -0.4 is 10.2 Å².